The summed E-state index contributed by atoms with van der Waals surface area (Å²) < 4.78 is 16.9. The van der Waals surface area contributed by atoms with Crippen molar-refractivity contribution in [3.8, 4) is 22.6 Å². The number of ether oxygens (including phenoxy) is 3. The monoisotopic (exact) mass is 447 g/mol. The molecule has 172 valence electrons. The van der Waals surface area contributed by atoms with Crippen LogP contribution in [0, 0.1) is 6.92 Å². The van der Waals surface area contributed by atoms with Crippen molar-refractivity contribution in [1.82, 2.24) is 0 Å². The molecule has 0 aromatic heterocycles. The largest absolute Gasteiger partial charge is 0.476 e. The van der Waals surface area contributed by atoms with Crippen LogP contribution in [-0.4, -0.2) is 24.1 Å². The van der Waals surface area contributed by atoms with E-state index < -0.39 is 23.6 Å². The van der Waals surface area contributed by atoms with Crippen molar-refractivity contribution < 1.29 is 23.8 Å². The quantitative estimate of drug-likeness (QED) is 0.467. The second kappa shape index (κ2) is 10.2. The fraction of sp³-hybridized carbons (Fsp3) is 0.259. The minimum absolute atomic E-state index is 0.276. The van der Waals surface area contributed by atoms with Gasteiger partial charge in [0.1, 0.15) is 11.5 Å². The molecule has 1 unspecified atom stereocenters. The molecule has 3 aromatic carbocycles. The van der Waals surface area contributed by atoms with Crippen LogP contribution in [0.2, 0.25) is 0 Å². The van der Waals surface area contributed by atoms with Crippen molar-refractivity contribution >= 4 is 11.9 Å². The van der Waals surface area contributed by atoms with E-state index in [0.717, 1.165) is 16.7 Å². The van der Waals surface area contributed by atoms with E-state index in [-0.39, 0.29) is 6.61 Å². The lowest BCUT2D eigenvalue weighted by molar-refractivity contribution is -0.158. The normalized spacial score (nSPS) is 12.0. The van der Waals surface area contributed by atoms with Gasteiger partial charge in [-0.3, -0.25) is 4.79 Å². The maximum atomic E-state index is 12.2. The number of primary amides is 1. The van der Waals surface area contributed by atoms with Crippen molar-refractivity contribution in [3.05, 3.63) is 83.9 Å². The molecular weight excluding hydrogens is 418 g/mol. The van der Waals surface area contributed by atoms with Crippen LogP contribution >= 0.6 is 0 Å². The van der Waals surface area contributed by atoms with E-state index in [1.807, 2.05) is 61.5 Å². The molecule has 0 bridgehead atoms. The summed E-state index contributed by atoms with van der Waals surface area (Å²) in [6, 6.07) is 22.6. The molecule has 1 amide bonds. The third-order valence-corrected chi connectivity index (χ3v) is 5.11. The average Bonchev–Trinajstić information content (AvgIpc) is 2.80. The fourth-order valence-corrected chi connectivity index (χ4v) is 3.34. The van der Waals surface area contributed by atoms with E-state index in [1.165, 1.54) is 0 Å². The van der Waals surface area contributed by atoms with Gasteiger partial charge < -0.3 is 19.9 Å². The standard InChI is InChI=1S/C27H29NO5/c1-5-31-26(30)27(3,4)33-23-16-15-22(17-18(23)2)32-24(25(28)29)21-13-11-20(12-14-21)19-9-7-6-8-10-19/h6-17,24H,5H2,1-4H3,(H2,28,29). The number of carbonyl (C=O) groups excluding carboxylic acids is 2. The predicted molar refractivity (Wildman–Crippen MR) is 127 cm³/mol. The zero-order valence-corrected chi connectivity index (χ0v) is 19.3. The number of esters is 1. The van der Waals surface area contributed by atoms with Crippen LogP contribution < -0.4 is 15.2 Å². The molecule has 0 radical (unpaired) electrons. The molecule has 0 fully saturated rings. The number of rotatable bonds is 9. The van der Waals surface area contributed by atoms with Crippen LogP contribution in [0.5, 0.6) is 11.5 Å². The van der Waals surface area contributed by atoms with Gasteiger partial charge in [-0.25, -0.2) is 4.79 Å². The summed E-state index contributed by atoms with van der Waals surface area (Å²) in [6.45, 7) is 7.15. The van der Waals surface area contributed by atoms with Crippen molar-refractivity contribution in [2.24, 2.45) is 5.73 Å². The predicted octanol–water partition coefficient (Wildman–Crippen LogP) is 4.99. The van der Waals surface area contributed by atoms with Gasteiger partial charge >= 0.3 is 5.97 Å². The van der Waals surface area contributed by atoms with Gasteiger partial charge in [-0.05, 0) is 62.6 Å². The lowest BCUT2D eigenvalue weighted by Gasteiger charge is -2.25. The van der Waals surface area contributed by atoms with Gasteiger partial charge in [0.05, 0.1) is 6.61 Å². The number of hydrogen-bond donors (Lipinski definition) is 1. The van der Waals surface area contributed by atoms with E-state index in [1.54, 1.807) is 39.0 Å². The number of amides is 1. The van der Waals surface area contributed by atoms with Gasteiger partial charge in [0.15, 0.2) is 5.60 Å². The van der Waals surface area contributed by atoms with Gasteiger partial charge in [0.2, 0.25) is 6.10 Å². The van der Waals surface area contributed by atoms with Gasteiger partial charge in [-0.15, -0.1) is 0 Å². The molecule has 3 rings (SSSR count). The zero-order chi connectivity index (χ0) is 24.0. The van der Waals surface area contributed by atoms with Crippen LogP contribution in [0.3, 0.4) is 0 Å². The molecule has 6 heteroatoms. The topological polar surface area (TPSA) is 87.8 Å². The Labute approximate surface area is 194 Å². The first-order valence-corrected chi connectivity index (χ1v) is 10.8. The first-order chi connectivity index (χ1) is 15.7. The van der Waals surface area contributed by atoms with Crippen LogP contribution in [0.15, 0.2) is 72.8 Å². The van der Waals surface area contributed by atoms with Crippen LogP contribution in [0.4, 0.5) is 0 Å². The van der Waals surface area contributed by atoms with Crippen molar-refractivity contribution in [1.29, 1.82) is 0 Å². The third-order valence-electron chi connectivity index (χ3n) is 5.11. The van der Waals surface area contributed by atoms with Crippen molar-refractivity contribution in [2.45, 2.75) is 39.4 Å². The molecular formula is C27H29NO5. The number of aryl methyl sites for hydroxylation is 1. The molecule has 0 aliphatic heterocycles. The highest BCUT2D eigenvalue weighted by molar-refractivity contribution is 5.81. The Morgan fingerprint density at radius 1 is 0.939 bits per heavy atom. The smallest absolute Gasteiger partial charge is 0.349 e. The first kappa shape index (κ1) is 23.9. The number of hydrogen-bond acceptors (Lipinski definition) is 5. The molecule has 0 aliphatic carbocycles. The zero-order valence-electron chi connectivity index (χ0n) is 19.3. The Bertz CT molecular complexity index is 1110. The average molecular weight is 448 g/mol. The van der Waals surface area contributed by atoms with Gasteiger partial charge in [0.25, 0.3) is 5.91 Å². The fourth-order valence-electron chi connectivity index (χ4n) is 3.34. The lowest BCUT2D eigenvalue weighted by Crippen LogP contribution is -2.39. The molecule has 33 heavy (non-hydrogen) atoms. The minimum Gasteiger partial charge on any atom is -0.476 e. The summed E-state index contributed by atoms with van der Waals surface area (Å²) in [5, 5.41) is 0. The Balaban J connectivity index is 1.77. The summed E-state index contributed by atoms with van der Waals surface area (Å²) in [4.78, 5) is 24.3. The number of nitrogens with two attached hydrogens (primary N) is 1. The van der Waals surface area contributed by atoms with Gasteiger partial charge in [-0.2, -0.15) is 0 Å². The Hall–Kier alpha value is -3.80. The molecule has 0 saturated heterocycles. The van der Waals surface area contributed by atoms with E-state index in [2.05, 4.69) is 0 Å². The molecule has 0 spiro atoms. The molecule has 1 atom stereocenters. The summed E-state index contributed by atoms with van der Waals surface area (Å²) in [5.74, 6) is -0.0608. The Morgan fingerprint density at radius 3 is 2.15 bits per heavy atom. The molecule has 0 heterocycles. The first-order valence-electron chi connectivity index (χ1n) is 10.8. The highest BCUT2D eigenvalue weighted by Gasteiger charge is 2.32. The van der Waals surface area contributed by atoms with E-state index in [4.69, 9.17) is 19.9 Å². The van der Waals surface area contributed by atoms with Gasteiger partial charge in [0, 0.05) is 5.56 Å². The van der Waals surface area contributed by atoms with Crippen LogP contribution in [0.25, 0.3) is 11.1 Å². The molecule has 0 aliphatic rings. The molecule has 2 N–H and O–H groups in total. The highest BCUT2D eigenvalue weighted by atomic mass is 16.6. The lowest BCUT2D eigenvalue weighted by atomic mass is 10.0. The van der Waals surface area contributed by atoms with E-state index in [0.29, 0.717) is 17.1 Å². The summed E-state index contributed by atoms with van der Waals surface area (Å²) in [5.41, 5.74) is 8.01. The van der Waals surface area contributed by atoms with E-state index in [9.17, 15) is 9.59 Å². The summed E-state index contributed by atoms with van der Waals surface area (Å²) in [7, 11) is 0. The van der Waals surface area contributed by atoms with Crippen molar-refractivity contribution in [3.63, 3.8) is 0 Å². The Kier molecular flexibility index (Phi) is 7.38. The maximum Gasteiger partial charge on any atom is 0.349 e. The van der Waals surface area contributed by atoms with Crippen LogP contribution in [-0.2, 0) is 14.3 Å². The third kappa shape index (κ3) is 5.92. The number of carbonyl (C=O) groups is 2. The molecule has 3 aromatic rings. The number of benzene rings is 3. The second-order valence-corrected chi connectivity index (χ2v) is 8.15. The Morgan fingerprint density at radius 2 is 1.58 bits per heavy atom. The van der Waals surface area contributed by atoms with Gasteiger partial charge in [-0.1, -0.05) is 54.6 Å². The molecule has 6 nitrogen and oxygen atoms in total. The SMILES string of the molecule is CCOC(=O)C(C)(C)Oc1ccc(OC(C(N)=O)c2ccc(-c3ccccc3)cc2)cc1C. The summed E-state index contributed by atoms with van der Waals surface area (Å²) in [6.07, 6.45) is -0.947. The van der Waals surface area contributed by atoms with Crippen LogP contribution in [0.1, 0.15) is 38.0 Å². The van der Waals surface area contributed by atoms with Crippen molar-refractivity contribution in [2.75, 3.05) is 6.61 Å². The highest BCUT2D eigenvalue weighted by Crippen LogP contribution is 2.30. The second-order valence-electron chi connectivity index (χ2n) is 8.15. The summed E-state index contributed by atoms with van der Waals surface area (Å²) >= 11 is 0. The maximum absolute atomic E-state index is 12.2. The molecule has 0 saturated carbocycles. The van der Waals surface area contributed by atoms with E-state index >= 15 is 0 Å². The minimum atomic E-state index is -1.14.